The Bertz CT molecular complexity index is 721. The molecule has 0 unspecified atom stereocenters. The van der Waals surface area contributed by atoms with Crippen molar-refractivity contribution in [2.45, 2.75) is 36.5 Å². The molecule has 4 aliphatic rings. The molecule has 1 aromatic rings. The maximum absolute atomic E-state index is 10.6. The molecule has 0 aromatic heterocycles. The second-order valence-corrected chi connectivity index (χ2v) is 7.82. The van der Waals surface area contributed by atoms with E-state index >= 15 is 0 Å². The number of alkyl halides is 1. The van der Waals surface area contributed by atoms with E-state index in [4.69, 9.17) is 21.1 Å². The van der Waals surface area contributed by atoms with Gasteiger partial charge < -0.3 is 19.5 Å². The zero-order valence-corrected chi connectivity index (χ0v) is 14.5. The third-order valence-corrected chi connectivity index (χ3v) is 6.62. The highest BCUT2D eigenvalue weighted by Gasteiger charge is 2.64. The fourth-order valence-corrected chi connectivity index (χ4v) is 5.57. The number of likely N-dealkylation sites (N-methyl/N-ethyl adjacent to an activating group) is 1. The van der Waals surface area contributed by atoms with Crippen molar-refractivity contribution in [3.63, 3.8) is 0 Å². The van der Waals surface area contributed by atoms with Crippen LogP contribution in [0.4, 0.5) is 0 Å². The van der Waals surface area contributed by atoms with E-state index < -0.39 is 6.10 Å². The maximum atomic E-state index is 10.6. The first-order valence-electron chi connectivity index (χ1n) is 8.75. The molecule has 128 valence electrons. The topological polar surface area (TPSA) is 41.9 Å². The van der Waals surface area contributed by atoms with Crippen molar-refractivity contribution in [3.05, 3.63) is 35.4 Å². The first kappa shape index (κ1) is 15.1. The van der Waals surface area contributed by atoms with Gasteiger partial charge in [-0.25, -0.2) is 0 Å². The van der Waals surface area contributed by atoms with Crippen LogP contribution in [0.5, 0.6) is 11.5 Å². The van der Waals surface area contributed by atoms with Gasteiger partial charge in [0.2, 0.25) is 0 Å². The lowest BCUT2D eigenvalue weighted by Crippen LogP contribution is -2.64. The highest BCUT2D eigenvalue weighted by atomic mass is 35.5. The standard InChI is InChI=1S/C19H22ClNO3/c1-21-8-6-19-12-3-4-14(22)18(19)24-17-15(23-9-7-20)5-2-11(16(17)19)10-13(12)21/h2-5,12-14,18,22H,6-10H2,1H3/t12-,13+,14-,18-,19-/m0/s1. The monoisotopic (exact) mass is 347 g/mol. The Hall–Kier alpha value is -1.23. The number of likely N-dealkylation sites (tertiary alicyclic amines) is 1. The van der Waals surface area contributed by atoms with Crippen LogP contribution in [0, 0.1) is 5.92 Å². The summed E-state index contributed by atoms with van der Waals surface area (Å²) >= 11 is 5.79. The van der Waals surface area contributed by atoms with Crippen LogP contribution in [0.2, 0.25) is 0 Å². The first-order valence-corrected chi connectivity index (χ1v) is 9.28. The molecule has 1 aromatic carbocycles. The number of piperidine rings is 1. The molecular weight excluding hydrogens is 326 g/mol. The number of halogens is 1. The van der Waals surface area contributed by atoms with Gasteiger partial charge in [0, 0.05) is 22.9 Å². The van der Waals surface area contributed by atoms with Crippen LogP contribution in [0.15, 0.2) is 24.3 Å². The number of rotatable bonds is 3. The van der Waals surface area contributed by atoms with Gasteiger partial charge in [0.25, 0.3) is 0 Å². The Morgan fingerprint density at radius 1 is 1.42 bits per heavy atom. The van der Waals surface area contributed by atoms with Crippen LogP contribution < -0.4 is 9.47 Å². The highest BCUT2D eigenvalue weighted by Crippen LogP contribution is 2.62. The van der Waals surface area contributed by atoms with Gasteiger partial charge in [-0.2, -0.15) is 0 Å². The molecule has 5 rings (SSSR count). The molecule has 1 N–H and O–H groups in total. The Labute approximate surface area is 147 Å². The predicted molar refractivity (Wildman–Crippen MR) is 92.1 cm³/mol. The van der Waals surface area contributed by atoms with Crippen molar-refractivity contribution < 1.29 is 14.6 Å². The maximum Gasteiger partial charge on any atom is 0.165 e. The fourth-order valence-electron chi connectivity index (χ4n) is 5.49. The molecule has 0 saturated carbocycles. The van der Waals surface area contributed by atoms with Gasteiger partial charge >= 0.3 is 0 Å². The zero-order chi connectivity index (χ0) is 16.5. The molecule has 1 fully saturated rings. The van der Waals surface area contributed by atoms with Crippen LogP contribution in [0.1, 0.15) is 17.5 Å². The molecule has 2 bridgehead atoms. The lowest BCUT2D eigenvalue weighted by Gasteiger charge is -2.56. The Morgan fingerprint density at radius 3 is 3.12 bits per heavy atom. The van der Waals surface area contributed by atoms with Gasteiger partial charge in [-0.3, -0.25) is 0 Å². The van der Waals surface area contributed by atoms with E-state index in [1.54, 1.807) is 0 Å². The van der Waals surface area contributed by atoms with E-state index in [0.717, 1.165) is 30.9 Å². The molecule has 1 spiro atoms. The number of aliphatic hydroxyl groups is 1. The summed E-state index contributed by atoms with van der Waals surface area (Å²) < 4.78 is 12.2. The smallest absolute Gasteiger partial charge is 0.165 e. The van der Waals surface area contributed by atoms with Crippen molar-refractivity contribution in [1.29, 1.82) is 0 Å². The van der Waals surface area contributed by atoms with Crippen molar-refractivity contribution in [1.82, 2.24) is 4.90 Å². The summed E-state index contributed by atoms with van der Waals surface area (Å²) in [6.07, 6.45) is 5.42. The van der Waals surface area contributed by atoms with E-state index in [2.05, 4.69) is 24.1 Å². The van der Waals surface area contributed by atoms with Gasteiger partial charge in [-0.15, -0.1) is 11.6 Å². The van der Waals surface area contributed by atoms with Gasteiger partial charge in [-0.05, 0) is 38.1 Å². The van der Waals surface area contributed by atoms with Gasteiger partial charge in [-0.1, -0.05) is 18.2 Å². The summed E-state index contributed by atoms with van der Waals surface area (Å²) in [6, 6.07) is 4.66. The number of hydrogen-bond acceptors (Lipinski definition) is 4. The van der Waals surface area contributed by atoms with Crippen LogP contribution in [-0.4, -0.2) is 54.3 Å². The summed E-state index contributed by atoms with van der Waals surface area (Å²) in [4.78, 5) is 2.47. The number of nitrogens with zero attached hydrogens (tertiary/aromatic N) is 1. The number of hydrogen-bond donors (Lipinski definition) is 1. The first-order chi connectivity index (χ1) is 11.7. The van der Waals surface area contributed by atoms with Crippen LogP contribution >= 0.6 is 11.6 Å². The molecule has 2 aliphatic heterocycles. The molecule has 2 heterocycles. The quantitative estimate of drug-likeness (QED) is 0.671. The van der Waals surface area contributed by atoms with E-state index in [9.17, 15) is 5.11 Å². The van der Waals surface area contributed by atoms with E-state index in [-0.39, 0.29) is 11.5 Å². The van der Waals surface area contributed by atoms with Gasteiger partial charge in [0.1, 0.15) is 18.8 Å². The number of ether oxygens (including phenoxy) is 2. The largest absolute Gasteiger partial charge is 0.488 e. The van der Waals surface area contributed by atoms with Crippen LogP contribution in [0.3, 0.4) is 0 Å². The Morgan fingerprint density at radius 2 is 2.29 bits per heavy atom. The van der Waals surface area contributed by atoms with E-state index in [1.807, 2.05) is 12.1 Å². The number of aliphatic hydroxyl groups excluding tert-OH is 1. The molecule has 4 nitrogen and oxygen atoms in total. The molecule has 5 heteroatoms. The zero-order valence-electron chi connectivity index (χ0n) is 13.7. The van der Waals surface area contributed by atoms with Crippen LogP contribution in [0.25, 0.3) is 0 Å². The normalized spacial score (nSPS) is 38.6. The second-order valence-electron chi connectivity index (χ2n) is 7.45. The second kappa shape index (κ2) is 5.13. The molecule has 5 atom stereocenters. The van der Waals surface area contributed by atoms with Crippen molar-refractivity contribution in [2.24, 2.45) is 5.92 Å². The van der Waals surface area contributed by atoms with E-state index in [0.29, 0.717) is 24.4 Å². The van der Waals surface area contributed by atoms with Crippen molar-refractivity contribution in [3.8, 4) is 11.5 Å². The fraction of sp³-hybridized carbons (Fsp3) is 0.579. The number of benzene rings is 1. The third kappa shape index (κ3) is 1.72. The lowest BCUT2D eigenvalue weighted by atomic mass is 9.53. The summed E-state index contributed by atoms with van der Waals surface area (Å²) in [5.41, 5.74) is 2.52. The van der Waals surface area contributed by atoms with E-state index in [1.165, 1.54) is 11.1 Å². The summed E-state index contributed by atoms with van der Waals surface area (Å²) in [5, 5.41) is 10.6. The predicted octanol–water partition coefficient (Wildman–Crippen LogP) is 2.11. The minimum atomic E-state index is -0.565. The Balaban J connectivity index is 1.72. The minimum absolute atomic E-state index is 0.116. The Kier molecular flexibility index (Phi) is 3.22. The average Bonchev–Trinajstić information content (AvgIpc) is 2.94. The van der Waals surface area contributed by atoms with Crippen molar-refractivity contribution >= 4 is 11.6 Å². The average molecular weight is 348 g/mol. The van der Waals surface area contributed by atoms with Gasteiger partial charge in [0.15, 0.2) is 11.5 Å². The molecule has 24 heavy (non-hydrogen) atoms. The highest BCUT2D eigenvalue weighted by molar-refractivity contribution is 6.18. The van der Waals surface area contributed by atoms with Crippen molar-refractivity contribution in [2.75, 3.05) is 26.1 Å². The van der Waals surface area contributed by atoms with Crippen LogP contribution in [-0.2, 0) is 11.8 Å². The molecular formula is C19H22ClNO3. The molecule has 0 radical (unpaired) electrons. The van der Waals surface area contributed by atoms with Gasteiger partial charge in [0.05, 0.1) is 5.88 Å². The lowest BCUT2D eigenvalue weighted by molar-refractivity contribution is -0.0453. The summed E-state index contributed by atoms with van der Waals surface area (Å²) in [6.45, 7) is 1.50. The summed E-state index contributed by atoms with van der Waals surface area (Å²) in [5.74, 6) is 2.45. The summed E-state index contributed by atoms with van der Waals surface area (Å²) in [7, 11) is 2.21. The molecule has 1 saturated heterocycles. The minimum Gasteiger partial charge on any atom is -0.488 e. The third-order valence-electron chi connectivity index (χ3n) is 6.47. The molecule has 0 amide bonds. The molecule has 2 aliphatic carbocycles. The SMILES string of the molecule is CN1CC[C@]23c4c5ccc(OCCCl)c4O[C@H]2[C@@H](O)C=C[C@H]3[C@H]1C5.